The molecule has 1 N–H and O–H groups in total. The fraction of sp³-hybridized carbons (Fsp3) is 0.387. The normalized spacial score (nSPS) is 15.0. The Morgan fingerprint density at radius 3 is 2.57 bits per heavy atom. The molecule has 3 heterocycles. The summed E-state index contributed by atoms with van der Waals surface area (Å²) in [5.74, 6) is 1.78. The van der Waals surface area contributed by atoms with Gasteiger partial charge in [0.05, 0.1) is 33.7 Å². The highest BCUT2D eigenvalue weighted by Crippen LogP contribution is 2.29. The van der Waals surface area contributed by atoms with Gasteiger partial charge in [0.1, 0.15) is 18.1 Å². The monoisotopic (exact) mass is 604 g/mol. The molecule has 1 aliphatic heterocycles. The van der Waals surface area contributed by atoms with E-state index in [1.54, 1.807) is 51.7 Å². The van der Waals surface area contributed by atoms with Crippen LogP contribution in [0.1, 0.15) is 30.2 Å². The molecule has 232 valence electrons. The number of methoxy groups -OCH3 is 3. The Morgan fingerprint density at radius 2 is 1.89 bits per heavy atom. The third kappa shape index (κ3) is 7.35. The Kier molecular flexibility index (Phi) is 10.1. The Labute approximate surface area is 255 Å². The molecular weight excluding hydrogens is 568 g/mol. The minimum atomic E-state index is -1.04. The maximum atomic E-state index is 14.0. The zero-order valence-corrected chi connectivity index (χ0v) is 25.0. The van der Waals surface area contributed by atoms with Crippen LogP contribution in [0.3, 0.4) is 0 Å². The number of carbonyl (C=O) groups is 2. The molecule has 2 amide bonds. The average Bonchev–Trinajstić information content (AvgIpc) is 3.86. The molecule has 2 atom stereocenters. The van der Waals surface area contributed by atoms with Crippen LogP contribution in [0, 0.1) is 0 Å². The summed E-state index contributed by atoms with van der Waals surface area (Å²) < 4.78 is 27.4. The lowest BCUT2D eigenvalue weighted by Crippen LogP contribution is -2.47. The van der Waals surface area contributed by atoms with E-state index in [1.165, 1.54) is 16.0 Å². The Hall–Kier alpha value is -4.91. The third-order valence-corrected chi connectivity index (χ3v) is 7.39. The van der Waals surface area contributed by atoms with Gasteiger partial charge >= 0.3 is 0 Å². The number of hydrogen-bond acceptors (Lipinski definition) is 10. The van der Waals surface area contributed by atoms with Gasteiger partial charge in [-0.3, -0.25) is 9.59 Å². The van der Waals surface area contributed by atoms with E-state index in [1.807, 2.05) is 24.3 Å². The van der Waals surface area contributed by atoms with E-state index in [0.29, 0.717) is 48.4 Å². The first-order chi connectivity index (χ1) is 21.5. The third-order valence-electron chi connectivity index (χ3n) is 7.39. The van der Waals surface area contributed by atoms with Crippen molar-refractivity contribution in [3.8, 4) is 28.6 Å². The van der Waals surface area contributed by atoms with Gasteiger partial charge in [-0.1, -0.05) is 6.07 Å². The van der Waals surface area contributed by atoms with E-state index in [9.17, 15) is 9.59 Å². The first-order valence-electron chi connectivity index (χ1n) is 14.3. The molecule has 0 radical (unpaired) electrons. The van der Waals surface area contributed by atoms with Crippen LogP contribution in [0.2, 0.25) is 0 Å². The van der Waals surface area contributed by atoms with Crippen molar-refractivity contribution in [1.82, 2.24) is 30.4 Å². The van der Waals surface area contributed by atoms with Crippen LogP contribution in [-0.2, 0) is 27.3 Å². The van der Waals surface area contributed by atoms with Gasteiger partial charge in [-0.05, 0) is 78.6 Å². The van der Waals surface area contributed by atoms with Crippen LogP contribution in [0.15, 0.2) is 65.3 Å². The smallest absolute Gasteiger partial charge is 0.250 e. The summed E-state index contributed by atoms with van der Waals surface area (Å²) in [5, 5.41) is 15.6. The molecule has 13 heteroatoms. The van der Waals surface area contributed by atoms with E-state index < -0.39 is 11.9 Å². The first kappa shape index (κ1) is 30.5. The standard InChI is InChI=1S/C31H36N6O7/c1-40-23-11-9-22(10-12-23)30-33-35-37(34-30)20-28(38)36(15-14-21-8-13-25(41-2)27(18-21)42-3)29(26-7-5-17-44-26)31(39)32-19-24-6-4-16-43-24/h5,7-13,17-18,24,29H,4,6,14-16,19-20H2,1-3H3,(H,32,39)/t24-,29+/m0/s1. The summed E-state index contributed by atoms with van der Waals surface area (Å²) >= 11 is 0. The molecule has 0 aliphatic carbocycles. The van der Waals surface area contributed by atoms with E-state index in [-0.39, 0.29) is 25.1 Å². The fourth-order valence-electron chi connectivity index (χ4n) is 5.05. The summed E-state index contributed by atoms with van der Waals surface area (Å²) in [6.45, 7) is 0.948. The number of aromatic nitrogens is 4. The summed E-state index contributed by atoms with van der Waals surface area (Å²) in [7, 11) is 4.72. The molecule has 1 fully saturated rings. The number of ether oxygens (including phenoxy) is 4. The van der Waals surface area contributed by atoms with Crippen molar-refractivity contribution >= 4 is 11.8 Å². The number of amides is 2. The second kappa shape index (κ2) is 14.5. The quantitative estimate of drug-likeness (QED) is 0.228. The number of furan rings is 1. The molecule has 0 unspecified atom stereocenters. The zero-order valence-electron chi connectivity index (χ0n) is 25.0. The molecule has 0 saturated carbocycles. The topological polar surface area (TPSA) is 143 Å². The van der Waals surface area contributed by atoms with Gasteiger partial charge in [0, 0.05) is 25.3 Å². The highest BCUT2D eigenvalue weighted by molar-refractivity contribution is 5.88. The van der Waals surface area contributed by atoms with Crippen molar-refractivity contribution < 1.29 is 33.0 Å². The SMILES string of the molecule is COc1ccc(-c2nnn(CC(=O)N(CCc3ccc(OC)c(OC)c3)[C@@H](C(=O)NC[C@@H]3CCCO3)c3ccco3)n2)cc1. The number of carbonyl (C=O) groups excluding carboxylic acids is 2. The van der Waals surface area contributed by atoms with Gasteiger partial charge in [0.15, 0.2) is 17.5 Å². The summed E-state index contributed by atoms with van der Waals surface area (Å²) in [6.07, 6.45) is 3.64. The first-order valence-corrected chi connectivity index (χ1v) is 14.3. The van der Waals surface area contributed by atoms with Crippen molar-refractivity contribution in [3.05, 3.63) is 72.2 Å². The second-order valence-electron chi connectivity index (χ2n) is 10.2. The molecule has 5 rings (SSSR count). The number of rotatable bonds is 14. The lowest BCUT2D eigenvalue weighted by atomic mass is 10.1. The van der Waals surface area contributed by atoms with E-state index in [4.69, 9.17) is 23.4 Å². The van der Waals surface area contributed by atoms with Crippen molar-refractivity contribution in [2.75, 3.05) is 41.0 Å². The average molecular weight is 605 g/mol. The second-order valence-corrected chi connectivity index (χ2v) is 10.2. The van der Waals surface area contributed by atoms with Crippen LogP contribution in [0.4, 0.5) is 0 Å². The number of hydrogen-bond donors (Lipinski definition) is 1. The maximum absolute atomic E-state index is 14.0. The van der Waals surface area contributed by atoms with Crippen LogP contribution in [-0.4, -0.2) is 84.1 Å². The predicted molar refractivity (Wildman–Crippen MR) is 158 cm³/mol. The van der Waals surface area contributed by atoms with Gasteiger partial charge < -0.3 is 33.6 Å². The summed E-state index contributed by atoms with van der Waals surface area (Å²) in [5.41, 5.74) is 1.61. The van der Waals surface area contributed by atoms with Crippen molar-refractivity contribution in [1.29, 1.82) is 0 Å². The summed E-state index contributed by atoms with van der Waals surface area (Å²) in [4.78, 5) is 30.4. The van der Waals surface area contributed by atoms with E-state index in [0.717, 1.165) is 24.0 Å². The number of tetrazole rings is 1. The number of nitrogens with zero attached hydrogens (tertiary/aromatic N) is 5. The van der Waals surface area contributed by atoms with Gasteiger partial charge in [-0.2, -0.15) is 4.80 Å². The van der Waals surface area contributed by atoms with Gasteiger partial charge in [-0.15, -0.1) is 10.2 Å². The van der Waals surface area contributed by atoms with Gasteiger partial charge in [0.25, 0.3) is 5.91 Å². The van der Waals surface area contributed by atoms with Crippen LogP contribution < -0.4 is 19.5 Å². The minimum Gasteiger partial charge on any atom is -0.497 e. The molecular formula is C31H36N6O7. The molecule has 44 heavy (non-hydrogen) atoms. The molecule has 1 saturated heterocycles. The lowest BCUT2D eigenvalue weighted by Gasteiger charge is -2.30. The highest BCUT2D eigenvalue weighted by Gasteiger charge is 2.34. The van der Waals surface area contributed by atoms with Gasteiger partial charge in [0.2, 0.25) is 11.7 Å². The van der Waals surface area contributed by atoms with Crippen LogP contribution in [0.25, 0.3) is 11.4 Å². The molecule has 0 spiro atoms. The Balaban J connectivity index is 1.39. The lowest BCUT2D eigenvalue weighted by molar-refractivity contribution is -0.142. The molecule has 13 nitrogen and oxygen atoms in total. The number of nitrogens with one attached hydrogen (secondary N) is 1. The highest BCUT2D eigenvalue weighted by atomic mass is 16.5. The van der Waals surface area contributed by atoms with Crippen molar-refractivity contribution in [3.63, 3.8) is 0 Å². The van der Waals surface area contributed by atoms with E-state index in [2.05, 4.69) is 20.7 Å². The van der Waals surface area contributed by atoms with Crippen molar-refractivity contribution in [2.45, 2.75) is 38.0 Å². The molecule has 4 aromatic rings. The Morgan fingerprint density at radius 1 is 1.07 bits per heavy atom. The zero-order chi connectivity index (χ0) is 30.9. The Bertz CT molecular complexity index is 1520. The molecule has 1 aliphatic rings. The van der Waals surface area contributed by atoms with Crippen molar-refractivity contribution in [2.24, 2.45) is 0 Å². The van der Waals surface area contributed by atoms with Gasteiger partial charge in [-0.25, -0.2) is 0 Å². The largest absolute Gasteiger partial charge is 0.497 e. The maximum Gasteiger partial charge on any atom is 0.250 e. The van der Waals surface area contributed by atoms with Crippen LogP contribution >= 0.6 is 0 Å². The van der Waals surface area contributed by atoms with Crippen LogP contribution in [0.5, 0.6) is 17.2 Å². The minimum absolute atomic E-state index is 0.0668. The predicted octanol–water partition coefficient (Wildman–Crippen LogP) is 3.07. The van der Waals surface area contributed by atoms with E-state index >= 15 is 0 Å². The fourth-order valence-corrected chi connectivity index (χ4v) is 5.05. The molecule has 2 aromatic heterocycles. The molecule has 2 aromatic carbocycles. The summed E-state index contributed by atoms with van der Waals surface area (Å²) in [6, 6.07) is 15.1. The molecule has 0 bridgehead atoms. The number of benzene rings is 2.